The highest BCUT2D eigenvalue weighted by Crippen LogP contribution is 2.17. The molecular formula is C17H18N2O3. The number of nitro groups is 1. The van der Waals surface area contributed by atoms with E-state index in [0.29, 0.717) is 0 Å². The van der Waals surface area contributed by atoms with Crippen molar-refractivity contribution in [1.82, 2.24) is 5.32 Å². The number of aryl methyl sites for hydroxylation is 1. The Morgan fingerprint density at radius 3 is 2.45 bits per heavy atom. The lowest BCUT2D eigenvalue weighted by Crippen LogP contribution is -2.33. The topological polar surface area (TPSA) is 72.2 Å². The Bertz CT molecular complexity index is 656. The highest BCUT2D eigenvalue weighted by molar-refractivity contribution is 5.98. The largest absolute Gasteiger partial charge is 0.349 e. The number of hydrogen-bond acceptors (Lipinski definition) is 3. The first-order valence-corrected chi connectivity index (χ1v) is 7.16. The molecule has 1 atom stereocenters. The average molecular weight is 298 g/mol. The van der Waals surface area contributed by atoms with Crippen LogP contribution in [0.1, 0.15) is 29.3 Å². The van der Waals surface area contributed by atoms with E-state index < -0.39 is 10.8 Å². The van der Waals surface area contributed by atoms with Gasteiger partial charge in [0.2, 0.25) is 0 Å². The zero-order valence-electron chi connectivity index (χ0n) is 12.4. The van der Waals surface area contributed by atoms with Gasteiger partial charge in [0.25, 0.3) is 11.6 Å². The van der Waals surface area contributed by atoms with Crippen LogP contribution < -0.4 is 5.32 Å². The van der Waals surface area contributed by atoms with Gasteiger partial charge in [0.05, 0.1) is 4.92 Å². The van der Waals surface area contributed by atoms with Gasteiger partial charge in [0.1, 0.15) is 5.56 Å². The minimum atomic E-state index is -0.538. The monoisotopic (exact) mass is 298 g/mol. The van der Waals surface area contributed by atoms with Gasteiger partial charge >= 0.3 is 0 Å². The first-order chi connectivity index (χ1) is 10.6. The van der Waals surface area contributed by atoms with Gasteiger partial charge in [-0.25, -0.2) is 0 Å². The van der Waals surface area contributed by atoms with E-state index in [2.05, 4.69) is 5.32 Å². The number of benzene rings is 2. The molecule has 0 spiro atoms. The second kappa shape index (κ2) is 7.36. The van der Waals surface area contributed by atoms with E-state index in [1.54, 1.807) is 12.1 Å². The molecule has 1 amide bonds. The molecule has 0 aliphatic heterocycles. The Morgan fingerprint density at radius 1 is 1.14 bits per heavy atom. The Balaban J connectivity index is 1.95. The van der Waals surface area contributed by atoms with Crippen LogP contribution in [0.2, 0.25) is 0 Å². The van der Waals surface area contributed by atoms with Crippen molar-refractivity contribution >= 4 is 11.6 Å². The summed E-state index contributed by atoms with van der Waals surface area (Å²) in [5, 5.41) is 13.8. The number of para-hydroxylation sites is 1. The third kappa shape index (κ3) is 4.15. The molecule has 5 heteroatoms. The Hall–Kier alpha value is -2.69. The second-order valence-electron chi connectivity index (χ2n) is 5.17. The molecule has 22 heavy (non-hydrogen) atoms. The quantitative estimate of drug-likeness (QED) is 0.656. The van der Waals surface area contributed by atoms with Crippen molar-refractivity contribution in [1.29, 1.82) is 0 Å². The van der Waals surface area contributed by atoms with E-state index in [-0.39, 0.29) is 17.3 Å². The van der Waals surface area contributed by atoms with Gasteiger partial charge in [0.15, 0.2) is 0 Å². The fourth-order valence-corrected chi connectivity index (χ4v) is 2.23. The maximum absolute atomic E-state index is 12.2. The molecule has 0 aromatic heterocycles. The number of carbonyl (C=O) groups is 1. The number of nitrogens with zero attached hydrogens (tertiary/aromatic N) is 1. The van der Waals surface area contributed by atoms with Crippen molar-refractivity contribution < 1.29 is 9.72 Å². The molecule has 0 aliphatic rings. The highest BCUT2D eigenvalue weighted by atomic mass is 16.6. The van der Waals surface area contributed by atoms with Crippen LogP contribution in [0.3, 0.4) is 0 Å². The summed E-state index contributed by atoms with van der Waals surface area (Å²) in [6, 6.07) is 15.9. The highest BCUT2D eigenvalue weighted by Gasteiger charge is 2.20. The molecule has 2 rings (SSSR count). The summed E-state index contributed by atoms with van der Waals surface area (Å²) in [6.45, 7) is 1.90. The third-order valence-corrected chi connectivity index (χ3v) is 3.43. The van der Waals surface area contributed by atoms with Crippen LogP contribution in [0.15, 0.2) is 54.6 Å². The van der Waals surface area contributed by atoms with Crippen molar-refractivity contribution in [3.63, 3.8) is 0 Å². The lowest BCUT2D eigenvalue weighted by Gasteiger charge is -2.14. The molecule has 0 bridgehead atoms. The maximum atomic E-state index is 12.2. The number of carbonyl (C=O) groups excluding carboxylic acids is 1. The molecule has 2 aromatic rings. The summed E-state index contributed by atoms with van der Waals surface area (Å²) in [6.07, 6.45) is 1.62. The third-order valence-electron chi connectivity index (χ3n) is 3.43. The predicted octanol–water partition coefficient (Wildman–Crippen LogP) is 3.35. The summed E-state index contributed by atoms with van der Waals surface area (Å²) in [5.74, 6) is -0.409. The van der Waals surface area contributed by atoms with E-state index in [0.717, 1.165) is 12.8 Å². The van der Waals surface area contributed by atoms with Crippen molar-refractivity contribution in [2.45, 2.75) is 25.8 Å². The first kappa shape index (κ1) is 15.7. The minimum Gasteiger partial charge on any atom is -0.349 e. The molecule has 5 nitrogen and oxygen atoms in total. The van der Waals surface area contributed by atoms with E-state index in [1.165, 1.54) is 17.7 Å². The van der Waals surface area contributed by atoms with Gasteiger partial charge in [-0.15, -0.1) is 0 Å². The summed E-state index contributed by atoms with van der Waals surface area (Å²) in [7, 11) is 0. The lowest BCUT2D eigenvalue weighted by molar-refractivity contribution is -0.385. The number of amides is 1. The van der Waals surface area contributed by atoms with Gasteiger partial charge in [-0.3, -0.25) is 14.9 Å². The van der Waals surface area contributed by atoms with Gasteiger partial charge in [-0.05, 0) is 31.4 Å². The molecule has 0 saturated carbocycles. The zero-order chi connectivity index (χ0) is 15.9. The van der Waals surface area contributed by atoms with E-state index in [1.807, 2.05) is 37.3 Å². The Labute approximate surface area is 129 Å². The summed E-state index contributed by atoms with van der Waals surface area (Å²) >= 11 is 0. The number of rotatable bonds is 6. The van der Waals surface area contributed by atoms with E-state index >= 15 is 0 Å². The summed E-state index contributed by atoms with van der Waals surface area (Å²) < 4.78 is 0. The van der Waals surface area contributed by atoms with Crippen molar-refractivity contribution in [2.75, 3.05) is 0 Å². The van der Waals surface area contributed by atoms with Crippen LogP contribution in [0, 0.1) is 10.1 Å². The molecule has 2 aromatic carbocycles. The normalized spacial score (nSPS) is 11.7. The van der Waals surface area contributed by atoms with Gasteiger partial charge in [0, 0.05) is 12.1 Å². The maximum Gasteiger partial charge on any atom is 0.282 e. The van der Waals surface area contributed by atoms with Gasteiger partial charge in [-0.2, -0.15) is 0 Å². The second-order valence-corrected chi connectivity index (χ2v) is 5.17. The molecular weight excluding hydrogens is 280 g/mol. The van der Waals surface area contributed by atoms with Crippen molar-refractivity contribution in [3.8, 4) is 0 Å². The molecule has 1 N–H and O–H groups in total. The zero-order valence-corrected chi connectivity index (χ0v) is 12.4. The average Bonchev–Trinajstić information content (AvgIpc) is 2.54. The molecule has 0 aliphatic carbocycles. The van der Waals surface area contributed by atoms with Crippen LogP contribution in [-0.4, -0.2) is 16.9 Å². The van der Waals surface area contributed by atoms with Crippen LogP contribution in [-0.2, 0) is 6.42 Å². The standard InChI is InChI=1S/C17H18N2O3/c1-13(11-12-14-7-3-2-4-8-14)18-17(20)15-9-5-6-10-16(15)19(21)22/h2-10,13H,11-12H2,1H3,(H,18,20). The molecule has 0 radical (unpaired) electrons. The minimum absolute atomic E-state index is 0.0625. The first-order valence-electron chi connectivity index (χ1n) is 7.16. The molecule has 0 heterocycles. The molecule has 0 saturated heterocycles. The summed E-state index contributed by atoms with van der Waals surface area (Å²) in [4.78, 5) is 22.6. The Morgan fingerprint density at radius 2 is 1.77 bits per heavy atom. The van der Waals surface area contributed by atoms with Gasteiger partial charge < -0.3 is 5.32 Å². The van der Waals surface area contributed by atoms with Crippen LogP contribution in [0.25, 0.3) is 0 Å². The fraction of sp³-hybridized carbons (Fsp3) is 0.235. The van der Waals surface area contributed by atoms with Crippen LogP contribution in [0.4, 0.5) is 5.69 Å². The SMILES string of the molecule is CC(CCc1ccccc1)NC(=O)c1ccccc1[N+](=O)[O-]. The summed E-state index contributed by atoms with van der Waals surface area (Å²) in [5.41, 5.74) is 1.13. The van der Waals surface area contributed by atoms with E-state index in [9.17, 15) is 14.9 Å². The van der Waals surface area contributed by atoms with Crippen molar-refractivity contribution in [3.05, 3.63) is 75.8 Å². The number of nitrogens with one attached hydrogen (secondary N) is 1. The lowest BCUT2D eigenvalue weighted by atomic mass is 10.1. The molecule has 0 fully saturated rings. The predicted molar refractivity (Wildman–Crippen MR) is 84.8 cm³/mol. The Kier molecular flexibility index (Phi) is 5.25. The smallest absolute Gasteiger partial charge is 0.282 e. The molecule has 114 valence electrons. The molecule has 1 unspecified atom stereocenters. The van der Waals surface area contributed by atoms with E-state index in [4.69, 9.17) is 0 Å². The van der Waals surface area contributed by atoms with Gasteiger partial charge in [-0.1, -0.05) is 42.5 Å². The van der Waals surface area contributed by atoms with Crippen LogP contribution >= 0.6 is 0 Å². The van der Waals surface area contributed by atoms with Crippen LogP contribution in [0.5, 0.6) is 0 Å². The number of hydrogen-bond donors (Lipinski definition) is 1. The fourth-order valence-electron chi connectivity index (χ4n) is 2.23. The van der Waals surface area contributed by atoms with Crippen molar-refractivity contribution in [2.24, 2.45) is 0 Å². The number of nitro benzene ring substituents is 1.